The molecule has 1 aliphatic carbocycles. The summed E-state index contributed by atoms with van der Waals surface area (Å²) in [6.45, 7) is 3.88. The van der Waals surface area contributed by atoms with E-state index in [1.54, 1.807) is 19.4 Å². The monoisotopic (exact) mass is 476 g/mol. The fourth-order valence-corrected chi connectivity index (χ4v) is 5.17. The van der Waals surface area contributed by atoms with Crippen molar-refractivity contribution in [1.82, 2.24) is 25.2 Å². The van der Waals surface area contributed by atoms with Gasteiger partial charge in [-0.15, -0.1) is 0 Å². The van der Waals surface area contributed by atoms with Gasteiger partial charge in [0.1, 0.15) is 12.1 Å². The zero-order valence-corrected chi connectivity index (χ0v) is 20.2. The van der Waals surface area contributed by atoms with Gasteiger partial charge in [-0.2, -0.15) is 0 Å². The molecule has 1 aliphatic heterocycles. The van der Waals surface area contributed by atoms with Crippen molar-refractivity contribution in [3.63, 3.8) is 0 Å². The molecule has 0 atom stereocenters. The number of benzene rings is 1. The normalized spacial score (nSPS) is 23.0. The van der Waals surface area contributed by atoms with E-state index < -0.39 is 5.60 Å². The van der Waals surface area contributed by atoms with Crippen LogP contribution in [0.15, 0.2) is 42.9 Å². The topological polar surface area (TPSA) is 112 Å². The van der Waals surface area contributed by atoms with E-state index in [1.165, 1.54) is 6.33 Å². The van der Waals surface area contributed by atoms with Crippen LogP contribution in [0.5, 0.6) is 5.88 Å². The molecule has 5 rings (SSSR count). The maximum Gasteiger partial charge on any atom is 0.239 e. The Kier molecular flexibility index (Phi) is 6.53. The molecule has 1 saturated carbocycles. The van der Waals surface area contributed by atoms with Crippen molar-refractivity contribution < 1.29 is 14.6 Å². The van der Waals surface area contributed by atoms with Crippen molar-refractivity contribution in [2.24, 2.45) is 0 Å². The zero-order chi connectivity index (χ0) is 24.4. The predicted octanol–water partition coefficient (Wildman–Crippen LogP) is 2.38. The van der Waals surface area contributed by atoms with Crippen LogP contribution in [0.1, 0.15) is 36.8 Å². The van der Waals surface area contributed by atoms with Gasteiger partial charge in [-0.05, 0) is 50.8 Å². The van der Waals surface area contributed by atoms with Gasteiger partial charge >= 0.3 is 0 Å². The molecule has 2 aliphatic rings. The maximum atomic E-state index is 12.5. The molecule has 0 unspecified atom stereocenters. The summed E-state index contributed by atoms with van der Waals surface area (Å²) in [5.74, 6) is 1.18. The summed E-state index contributed by atoms with van der Waals surface area (Å²) >= 11 is 0. The molecule has 35 heavy (non-hydrogen) atoms. The second kappa shape index (κ2) is 9.75. The lowest BCUT2D eigenvalue weighted by Crippen LogP contribution is -2.63. The molecule has 2 fully saturated rings. The summed E-state index contributed by atoms with van der Waals surface area (Å²) in [7, 11) is 1.59. The molecule has 0 bridgehead atoms. The molecular formula is C26H32N6O3. The van der Waals surface area contributed by atoms with E-state index in [0.29, 0.717) is 30.6 Å². The van der Waals surface area contributed by atoms with Crippen LogP contribution in [0.2, 0.25) is 0 Å². The van der Waals surface area contributed by atoms with Crippen molar-refractivity contribution in [2.45, 2.75) is 50.3 Å². The van der Waals surface area contributed by atoms with Crippen LogP contribution >= 0.6 is 0 Å². The number of pyridine rings is 1. The van der Waals surface area contributed by atoms with E-state index in [4.69, 9.17) is 4.74 Å². The van der Waals surface area contributed by atoms with Crippen LogP contribution in [0.3, 0.4) is 0 Å². The van der Waals surface area contributed by atoms with Crippen molar-refractivity contribution in [3.8, 4) is 5.88 Å². The lowest BCUT2D eigenvalue weighted by molar-refractivity contribution is -0.121. The first-order valence-electron chi connectivity index (χ1n) is 12.1. The lowest BCUT2D eigenvalue weighted by atomic mass is 9.77. The summed E-state index contributed by atoms with van der Waals surface area (Å²) in [6.07, 6.45) is 6.48. The highest BCUT2D eigenvalue weighted by Gasteiger charge is 2.40. The molecule has 9 nitrogen and oxygen atoms in total. The Hall–Kier alpha value is -3.30. The summed E-state index contributed by atoms with van der Waals surface area (Å²) in [5, 5.41) is 18.3. The molecule has 2 aromatic heterocycles. The fourth-order valence-electron chi connectivity index (χ4n) is 5.17. The molecule has 1 saturated heterocycles. The van der Waals surface area contributed by atoms with E-state index in [-0.39, 0.29) is 18.5 Å². The van der Waals surface area contributed by atoms with Crippen molar-refractivity contribution in [1.29, 1.82) is 0 Å². The Labute approximate surface area is 204 Å². The fraction of sp³-hybridized carbons (Fsp3) is 0.462. The highest BCUT2D eigenvalue weighted by molar-refractivity contribution is 5.91. The molecular weight excluding hydrogens is 444 g/mol. The van der Waals surface area contributed by atoms with Crippen molar-refractivity contribution >= 4 is 22.6 Å². The number of hydrogen-bond acceptors (Lipinski definition) is 8. The van der Waals surface area contributed by atoms with E-state index in [2.05, 4.69) is 30.5 Å². The Balaban J connectivity index is 1.07. The molecule has 3 N–H and O–H groups in total. The SMILES string of the molecule is COc1ccc(C2(O)CCC(N3CC(NC(=O)CNc4ncnc5ccc(C)cc45)C3)CC2)cn1. The Morgan fingerprint density at radius 1 is 1.17 bits per heavy atom. The van der Waals surface area contributed by atoms with Crippen LogP contribution in [0, 0.1) is 6.92 Å². The van der Waals surface area contributed by atoms with E-state index >= 15 is 0 Å². The van der Waals surface area contributed by atoms with Crippen LogP contribution in [-0.2, 0) is 10.4 Å². The first-order chi connectivity index (χ1) is 16.9. The minimum atomic E-state index is -0.830. The van der Waals surface area contributed by atoms with Gasteiger partial charge < -0.3 is 20.5 Å². The molecule has 1 aromatic carbocycles. The average molecular weight is 477 g/mol. The molecule has 184 valence electrons. The van der Waals surface area contributed by atoms with Gasteiger partial charge in [-0.1, -0.05) is 11.6 Å². The van der Waals surface area contributed by atoms with Crippen LogP contribution in [0.4, 0.5) is 5.82 Å². The minimum absolute atomic E-state index is 0.0425. The molecule has 3 aromatic rings. The van der Waals surface area contributed by atoms with Gasteiger partial charge in [0, 0.05) is 42.3 Å². The quantitative estimate of drug-likeness (QED) is 0.477. The number of aromatic nitrogens is 3. The standard InChI is InChI=1S/C26H32N6O3/c1-17-3-5-22-21(11-17)25(30-16-29-22)28-13-23(33)31-19-14-32(15-19)20-7-9-26(34,10-8-20)18-4-6-24(35-2)27-12-18/h3-6,11-12,16,19-20,34H,7-10,13-15H2,1-2H3,(H,31,33)(H,28,29,30). The number of carbonyl (C=O) groups is 1. The molecule has 1 amide bonds. The molecule has 0 spiro atoms. The summed E-state index contributed by atoms with van der Waals surface area (Å²) in [5.41, 5.74) is 2.00. The lowest BCUT2D eigenvalue weighted by Gasteiger charge is -2.48. The number of methoxy groups -OCH3 is 1. The third kappa shape index (κ3) is 5.06. The second-order valence-corrected chi connectivity index (χ2v) is 9.67. The third-order valence-electron chi connectivity index (χ3n) is 7.26. The molecule has 0 radical (unpaired) electrons. The van der Waals surface area contributed by atoms with E-state index in [0.717, 1.165) is 48.0 Å². The van der Waals surface area contributed by atoms with Gasteiger partial charge in [0.05, 0.1) is 30.8 Å². The van der Waals surface area contributed by atoms with Crippen LogP contribution in [0.25, 0.3) is 10.9 Å². The number of anilines is 1. The average Bonchev–Trinajstić information content (AvgIpc) is 2.85. The first kappa shape index (κ1) is 23.4. The number of nitrogens with one attached hydrogen (secondary N) is 2. The summed E-state index contributed by atoms with van der Waals surface area (Å²) in [6, 6.07) is 10.3. The highest BCUT2D eigenvalue weighted by Crippen LogP contribution is 2.39. The highest BCUT2D eigenvalue weighted by atomic mass is 16.5. The number of aryl methyl sites for hydroxylation is 1. The number of rotatable bonds is 7. The van der Waals surface area contributed by atoms with Crippen LogP contribution < -0.4 is 15.4 Å². The Bertz CT molecular complexity index is 1190. The first-order valence-corrected chi connectivity index (χ1v) is 12.1. The maximum absolute atomic E-state index is 12.5. The third-order valence-corrected chi connectivity index (χ3v) is 7.26. The Morgan fingerprint density at radius 2 is 1.97 bits per heavy atom. The second-order valence-electron chi connectivity index (χ2n) is 9.67. The number of hydrogen-bond donors (Lipinski definition) is 3. The predicted molar refractivity (Wildman–Crippen MR) is 133 cm³/mol. The van der Waals surface area contributed by atoms with E-state index in [9.17, 15) is 9.90 Å². The number of ether oxygens (including phenoxy) is 1. The van der Waals surface area contributed by atoms with Gasteiger partial charge in [-0.3, -0.25) is 9.69 Å². The van der Waals surface area contributed by atoms with Gasteiger partial charge in [0.15, 0.2) is 0 Å². The summed E-state index contributed by atoms with van der Waals surface area (Å²) in [4.78, 5) is 27.8. The number of carbonyl (C=O) groups excluding carboxylic acids is 1. The van der Waals surface area contributed by atoms with Gasteiger partial charge in [0.2, 0.25) is 11.8 Å². The zero-order valence-electron chi connectivity index (χ0n) is 20.2. The number of nitrogens with zero attached hydrogens (tertiary/aromatic N) is 4. The number of fused-ring (bicyclic) bond motifs is 1. The Morgan fingerprint density at radius 3 is 2.69 bits per heavy atom. The van der Waals surface area contributed by atoms with Gasteiger partial charge in [-0.25, -0.2) is 15.0 Å². The number of aliphatic hydroxyl groups is 1. The largest absolute Gasteiger partial charge is 0.481 e. The smallest absolute Gasteiger partial charge is 0.239 e. The molecule has 3 heterocycles. The van der Waals surface area contributed by atoms with Gasteiger partial charge in [0.25, 0.3) is 0 Å². The summed E-state index contributed by atoms with van der Waals surface area (Å²) < 4.78 is 5.12. The van der Waals surface area contributed by atoms with E-state index in [1.807, 2.05) is 31.2 Å². The number of likely N-dealkylation sites (tertiary alicyclic amines) is 1. The van der Waals surface area contributed by atoms with Crippen molar-refractivity contribution in [3.05, 3.63) is 54.0 Å². The minimum Gasteiger partial charge on any atom is -0.481 e. The van der Waals surface area contributed by atoms with Crippen molar-refractivity contribution in [2.75, 3.05) is 32.1 Å². The number of amides is 1. The molecule has 9 heteroatoms. The van der Waals surface area contributed by atoms with Crippen LogP contribution in [-0.4, -0.2) is 69.7 Å².